The van der Waals surface area contributed by atoms with Gasteiger partial charge in [0, 0.05) is 19.1 Å². The quantitative estimate of drug-likeness (QED) is 0.662. The van der Waals surface area contributed by atoms with Crippen LogP contribution in [0.25, 0.3) is 0 Å². The summed E-state index contributed by atoms with van der Waals surface area (Å²) in [6.07, 6.45) is 3.16. The first-order valence-corrected chi connectivity index (χ1v) is 11.5. The highest BCUT2D eigenvalue weighted by Gasteiger charge is 2.42. The maximum absolute atomic E-state index is 13.1. The number of carbonyl (C=O) groups is 4. The Bertz CT molecular complexity index is 788. The maximum atomic E-state index is 13.1. The minimum Gasteiger partial charge on any atom is -0.450 e. The van der Waals surface area contributed by atoms with Crippen LogP contribution in [0.2, 0.25) is 0 Å². The monoisotopic (exact) mass is 433 g/mol. The van der Waals surface area contributed by atoms with E-state index in [1.165, 1.54) is 0 Å². The van der Waals surface area contributed by atoms with E-state index in [2.05, 4.69) is 5.32 Å². The zero-order chi connectivity index (χ0) is 21.7. The molecule has 162 valence electrons. The summed E-state index contributed by atoms with van der Waals surface area (Å²) in [4.78, 5) is 53.4. The Hall–Kier alpha value is -2.55. The number of piperidine rings is 1. The van der Waals surface area contributed by atoms with E-state index in [-0.39, 0.29) is 18.0 Å². The van der Waals surface area contributed by atoms with Gasteiger partial charge in [0.15, 0.2) is 0 Å². The van der Waals surface area contributed by atoms with Crippen LogP contribution >= 0.6 is 11.8 Å². The van der Waals surface area contributed by atoms with Crippen LogP contribution in [0.5, 0.6) is 0 Å². The molecule has 1 N–H and O–H groups in total. The van der Waals surface area contributed by atoms with E-state index < -0.39 is 17.9 Å². The fourth-order valence-electron chi connectivity index (χ4n) is 3.82. The molecule has 8 nitrogen and oxygen atoms in total. The summed E-state index contributed by atoms with van der Waals surface area (Å²) in [5.74, 6) is -0.525. The molecular weight excluding hydrogens is 406 g/mol. The second-order valence-electron chi connectivity index (χ2n) is 7.29. The number of hydrogen-bond donors (Lipinski definition) is 1. The first kappa shape index (κ1) is 22.1. The molecule has 1 atom stereocenters. The molecule has 4 amide bonds. The van der Waals surface area contributed by atoms with Gasteiger partial charge in [-0.15, -0.1) is 0 Å². The summed E-state index contributed by atoms with van der Waals surface area (Å²) in [7, 11) is 0. The number of thioether (sulfide) groups is 1. The van der Waals surface area contributed by atoms with Gasteiger partial charge in [0.25, 0.3) is 11.8 Å². The van der Waals surface area contributed by atoms with Crippen LogP contribution in [0.4, 0.5) is 4.79 Å². The van der Waals surface area contributed by atoms with Gasteiger partial charge in [0.2, 0.25) is 5.91 Å². The van der Waals surface area contributed by atoms with Crippen molar-refractivity contribution in [3.8, 4) is 0 Å². The van der Waals surface area contributed by atoms with Crippen molar-refractivity contribution in [3.63, 3.8) is 0 Å². The van der Waals surface area contributed by atoms with Crippen LogP contribution in [-0.2, 0) is 9.53 Å². The first-order valence-electron chi connectivity index (χ1n) is 10.2. The third kappa shape index (κ3) is 4.61. The molecule has 2 aliphatic rings. The van der Waals surface area contributed by atoms with Crippen molar-refractivity contribution in [2.24, 2.45) is 0 Å². The van der Waals surface area contributed by atoms with E-state index in [0.29, 0.717) is 55.8 Å². The van der Waals surface area contributed by atoms with Crippen molar-refractivity contribution >= 4 is 35.6 Å². The van der Waals surface area contributed by atoms with E-state index >= 15 is 0 Å². The third-order valence-corrected chi connectivity index (χ3v) is 6.05. The van der Waals surface area contributed by atoms with Crippen LogP contribution < -0.4 is 5.32 Å². The van der Waals surface area contributed by atoms with Gasteiger partial charge in [0.1, 0.15) is 6.04 Å². The van der Waals surface area contributed by atoms with Gasteiger partial charge in [0.05, 0.1) is 17.7 Å². The van der Waals surface area contributed by atoms with Crippen molar-refractivity contribution in [1.82, 2.24) is 15.1 Å². The molecule has 0 aromatic heterocycles. The van der Waals surface area contributed by atoms with E-state index in [0.717, 1.165) is 4.90 Å². The molecule has 0 bridgehead atoms. The number of amides is 4. The Kier molecular flexibility index (Phi) is 7.36. The number of nitrogens with one attached hydrogen (secondary N) is 1. The van der Waals surface area contributed by atoms with E-state index in [9.17, 15) is 19.2 Å². The number of benzene rings is 1. The molecule has 1 aromatic carbocycles. The summed E-state index contributed by atoms with van der Waals surface area (Å²) in [6.45, 7) is 3.07. The summed E-state index contributed by atoms with van der Waals surface area (Å²) >= 11 is 1.56. The number of rotatable bonds is 7. The molecule has 0 spiro atoms. The highest BCUT2D eigenvalue weighted by atomic mass is 32.2. The average Bonchev–Trinajstić information content (AvgIpc) is 3.00. The Morgan fingerprint density at radius 1 is 1.17 bits per heavy atom. The van der Waals surface area contributed by atoms with Crippen molar-refractivity contribution in [2.75, 3.05) is 31.7 Å². The van der Waals surface area contributed by atoms with E-state index in [1.807, 2.05) is 6.26 Å². The van der Waals surface area contributed by atoms with Crippen molar-refractivity contribution in [1.29, 1.82) is 0 Å². The van der Waals surface area contributed by atoms with Gasteiger partial charge in [-0.25, -0.2) is 4.79 Å². The minimum absolute atomic E-state index is 0.116. The predicted molar refractivity (Wildman–Crippen MR) is 113 cm³/mol. The molecular formula is C21H27N3O5S. The lowest BCUT2D eigenvalue weighted by atomic mass is 10.0. The molecule has 1 aromatic rings. The molecule has 0 saturated carbocycles. The highest BCUT2D eigenvalue weighted by Crippen LogP contribution is 2.26. The lowest BCUT2D eigenvalue weighted by Crippen LogP contribution is -2.54. The maximum Gasteiger partial charge on any atom is 0.409 e. The number of nitrogens with zero attached hydrogens (tertiary/aromatic N) is 2. The van der Waals surface area contributed by atoms with Crippen LogP contribution in [-0.4, -0.2) is 77.4 Å². The Morgan fingerprint density at radius 2 is 1.77 bits per heavy atom. The molecule has 1 saturated heterocycles. The molecule has 1 fully saturated rings. The molecule has 2 aliphatic heterocycles. The second-order valence-corrected chi connectivity index (χ2v) is 8.28. The molecule has 0 radical (unpaired) electrons. The van der Waals surface area contributed by atoms with Crippen molar-refractivity contribution in [3.05, 3.63) is 35.4 Å². The van der Waals surface area contributed by atoms with Gasteiger partial charge in [-0.3, -0.25) is 19.3 Å². The molecule has 9 heteroatoms. The fraction of sp³-hybridized carbons (Fsp3) is 0.524. The number of carbonyl (C=O) groups excluding carboxylic acids is 4. The van der Waals surface area contributed by atoms with Gasteiger partial charge in [-0.05, 0) is 50.3 Å². The number of imide groups is 1. The van der Waals surface area contributed by atoms with Gasteiger partial charge >= 0.3 is 6.09 Å². The first-order chi connectivity index (χ1) is 14.5. The van der Waals surface area contributed by atoms with E-state index in [1.54, 1.807) is 47.9 Å². The summed E-state index contributed by atoms with van der Waals surface area (Å²) in [5.41, 5.74) is 0.680. The predicted octanol–water partition coefficient (Wildman–Crippen LogP) is 2.14. The van der Waals surface area contributed by atoms with Gasteiger partial charge in [-0.2, -0.15) is 11.8 Å². The molecule has 3 rings (SSSR count). The average molecular weight is 434 g/mol. The van der Waals surface area contributed by atoms with Crippen molar-refractivity contribution < 1.29 is 23.9 Å². The Labute approximate surface area is 180 Å². The van der Waals surface area contributed by atoms with Gasteiger partial charge < -0.3 is 15.0 Å². The zero-order valence-electron chi connectivity index (χ0n) is 17.3. The zero-order valence-corrected chi connectivity index (χ0v) is 18.1. The summed E-state index contributed by atoms with van der Waals surface area (Å²) in [5, 5.41) is 2.99. The second kappa shape index (κ2) is 9.97. The molecule has 0 unspecified atom stereocenters. The highest BCUT2D eigenvalue weighted by molar-refractivity contribution is 7.98. The van der Waals surface area contributed by atoms with Gasteiger partial charge in [-0.1, -0.05) is 12.1 Å². The third-order valence-electron chi connectivity index (χ3n) is 5.40. The van der Waals surface area contributed by atoms with Crippen molar-refractivity contribution in [2.45, 2.75) is 38.3 Å². The topological polar surface area (TPSA) is 96.0 Å². The molecule has 30 heavy (non-hydrogen) atoms. The minimum atomic E-state index is -0.854. The number of fused-ring (bicyclic) bond motifs is 1. The number of hydrogen-bond acceptors (Lipinski definition) is 6. The Balaban J connectivity index is 1.67. The lowest BCUT2D eigenvalue weighted by Gasteiger charge is -2.33. The number of likely N-dealkylation sites (tertiary alicyclic amines) is 1. The van der Waals surface area contributed by atoms with Crippen LogP contribution in [0, 0.1) is 0 Å². The standard InChI is InChI=1S/C21H27N3O5S/c1-3-29-21(28)23-11-8-14(9-12-23)22-18(25)17(10-13-30-2)24-19(26)15-6-4-5-7-16(15)20(24)27/h4-7,14,17H,3,8-13H2,1-2H3,(H,22,25)/t17-/m1/s1. The molecule has 0 aliphatic carbocycles. The Morgan fingerprint density at radius 3 is 2.30 bits per heavy atom. The van der Waals surface area contributed by atoms with Crippen LogP contribution in [0.15, 0.2) is 24.3 Å². The smallest absolute Gasteiger partial charge is 0.409 e. The lowest BCUT2D eigenvalue weighted by molar-refractivity contribution is -0.126. The van der Waals surface area contributed by atoms with Crippen LogP contribution in [0.1, 0.15) is 46.9 Å². The fourth-order valence-corrected chi connectivity index (χ4v) is 4.28. The number of ether oxygens (including phenoxy) is 1. The summed E-state index contributed by atoms with van der Waals surface area (Å²) in [6, 6.07) is 5.68. The van der Waals surface area contributed by atoms with Crippen LogP contribution in [0.3, 0.4) is 0 Å². The SMILES string of the molecule is CCOC(=O)N1CCC(NC(=O)[C@@H](CCSC)N2C(=O)c3ccccc3C2=O)CC1. The van der Waals surface area contributed by atoms with E-state index in [4.69, 9.17) is 4.74 Å². The summed E-state index contributed by atoms with van der Waals surface area (Å²) < 4.78 is 5.02. The normalized spacial score (nSPS) is 17.7. The largest absolute Gasteiger partial charge is 0.450 e. The molecule has 2 heterocycles.